The summed E-state index contributed by atoms with van der Waals surface area (Å²) in [6, 6.07) is 8.06. The molecule has 1 N–H and O–H groups in total. The fraction of sp³-hybridized carbons (Fsp3) is 0.333. The van der Waals surface area contributed by atoms with E-state index in [9.17, 15) is 0 Å². The number of nitrogens with one attached hydrogen (secondary N) is 1. The van der Waals surface area contributed by atoms with Gasteiger partial charge < -0.3 is 9.73 Å². The van der Waals surface area contributed by atoms with Gasteiger partial charge in [-0.05, 0) is 37.7 Å². The average Bonchev–Trinajstić information content (AvgIpc) is 2.84. The molecule has 0 saturated heterocycles. The van der Waals surface area contributed by atoms with Crippen LogP contribution in [0.3, 0.4) is 0 Å². The Hall–Kier alpha value is -0.770. The lowest BCUT2D eigenvalue weighted by molar-refractivity contribution is 0.437. The van der Waals surface area contributed by atoms with Gasteiger partial charge in [-0.1, -0.05) is 18.5 Å². The van der Waals surface area contributed by atoms with E-state index in [1.807, 2.05) is 31.2 Å². The maximum Gasteiger partial charge on any atom is 0.126 e. The van der Waals surface area contributed by atoms with Crippen LogP contribution in [0, 0.1) is 6.92 Å². The minimum absolute atomic E-state index is 0.108. The smallest absolute Gasteiger partial charge is 0.126 e. The SMILES string of the molecule is CCNC(c1ccc(C)o1)c1ccc(Cl)s1. The van der Waals surface area contributed by atoms with E-state index in [0.717, 1.165) is 22.4 Å². The molecule has 4 heteroatoms. The van der Waals surface area contributed by atoms with Crippen molar-refractivity contribution in [1.82, 2.24) is 5.32 Å². The minimum Gasteiger partial charge on any atom is -0.464 e. The molecule has 1 unspecified atom stereocenters. The highest BCUT2D eigenvalue weighted by molar-refractivity contribution is 7.16. The molecular formula is C12H14ClNOS. The van der Waals surface area contributed by atoms with Gasteiger partial charge in [0.1, 0.15) is 17.6 Å². The second-order valence-electron chi connectivity index (χ2n) is 3.58. The fourth-order valence-corrected chi connectivity index (χ4v) is 2.78. The molecule has 0 amide bonds. The highest BCUT2D eigenvalue weighted by Gasteiger charge is 2.18. The second-order valence-corrected chi connectivity index (χ2v) is 5.33. The largest absolute Gasteiger partial charge is 0.464 e. The predicted octanol–water partition coefficient (Wildman–Crippen LogP) is 4.00. The standard InChI is InChI=1S/C12H14ClNOS/c1-3-14-12(9-5-4-8(2)15-9)10-6-7-11(13)16-10/h4-7,12,14H,3H2,1-2H3. The van der Waals surface area contributed by atoms with Crippen LogP contribution in [0.15, 0.2) is 28.7 Å². The van der Waals surface area contributed by atoms with Crippen LogP contribution in [-0.4, -0.2) is 6.54 Å². The molecule has 2 rings (SSSR count). The highest BCUT2D eigenvalue weighted by atomic mass is 35.5. The Morgan fingerprint density at radius 2 is 2.19 bits per heavy atom. The lowest BCUT2D eigenvalue weighted by Gasteiger charge is -2.13. The van der Waals surface area contributed by atoms with Crippen molar-refractivity contribution < 1.29 is 4.42 Å². The molecule has 0 aliphatic heterocycles. The summed E-state index contributed by atoms with van der Waals surface area (Å²) in [4.78, 5) is 1.18. The molecule has 2 aromatic rings. The molecule has 2 heterocycles. The molecule has 0 spiro atoms. The number of furan rings is 1. The molecule has 2 aromatic heterocycles. The van der Waals surface area contributed by atoms with Gasteiger partial charge in [0.05, 0.1) is 4.34 Å². The Balaban J connectivity index is 2.30. The highest BCUT2D eigenvalue weighted by Crippen LogP contribution is 2.31. The average molecular weight is 256 g/mol. The van der Waals surface area contributed by atoms with E-state index in [0.29, 0.717) is 0 Å². The minimum atomic E-state index is 0.108. The number of thiophene rings is 1. The van der Waals surface area contributed by atoms with Crippen molar-refractivity contribution in [3.05, 3.63) is 45.0 Å². The summed E-state index contributed by atoms with van der Waals surface area (Å²) in [6.07, 6.45) is 0. The summed E-state index contributed by atoms with van der Waals surface area (Å²) in [5.74, 6) is 1.87. The van der Waals surface area contributed by atoms with Crippen LogP contribution >= 0.6 is 22.9 Å². The first-order chi connectivity index (χ1) is 7.70. The van der Waals surface area contributed by atoms with E-state index in [4.69, 9.17) is 16.0 Å². The molecule has 0 bridgehead atoms. The van der Waals surface area contributed by atoms with Crippen molar-refractivity contribution in [3.63, 3.8) is 0 Å². The quantitative estimate of drug-likeness (QED) is 0.893. The predicted molar refractivity (Wildman–Crippen MR) is 68.3 cm³/mol. The number of aryl methyl sites for hydroxylation is 1. The monoisotopic (exact) mass is 255 g/mol. The first kappa shape index (κ1) is 11.7. The number of halogens is 1. The summed E-state index contributed by atoms with van der Waals surface area (Å²) in [6.45, 7) is 4.92. The van der Waals surface area contributed by atoms with Crippen LogP contribution < -0.4 is 5.32 Å². The zero-order valence-electron chi connectivity index (χ0n) is 9.29. The zero-order chi connectivity index (χ0) is 11.5. The molecule has 0 saturated carbocycles. The first-order valence-corrected chi connectivity index (χ1v) is 6.45. The van der Waals surface area contributed by atoms with Crippen molar-refractivity contribution in [2.45, 2.75) is 19.9 Å². The number of hydrogen-bond acceptors (Lipinski definition) is 3. The zero-order valence-corrected chi connectivity index (χ0v) is 10.9. The van der Waals surface area contributed by atoms with Gasteiger partial charge in [0.2, 0.25) is 0 Å². The Morgan fingerprint density at radius 1 is 1.38 bits per heavy atom. The molecule has 16 heavy (non-hydrogen) atoms. The maximum absolute atomic E-state index is 5.96. The molecule has 0 aliphatic carbocycles. The third-order valence-electron chi connectivity index (χ3n) is 2.33. The van der Waals surface area contributed by atoms with Gasteiger partial charge in [-0.2, -0.15) is 0 Å². The molecule has 86 valence electrons. The molecule has 0 radical (unpaired) electrons. The van der Waals surface area contributed by atoms with E-state index < -0.39 is 0 Å². The van der Waals surface area contributed by atoms with Gasteiger partial charge in [-0.15, -0.1) is 11.3 Å². The molecule has 0 aliphatic rings. The summed E-state index contributed by atoms with van der Waals surface area (Å²) in [5, 5.41) is 3.40. The molecular weight excluding hydrogens is 242 g/mol. The fourth-order valence-electron chi connectivity index (χ4n) is 1.64. The van der Waals surface area contributed by atoms with E-state index in [2.05, 4.69) is 12.2 Å². The van der Waals surface area contributed by atoms with Crippen LogP contribution in [0.2, 0.25) is 4.34 Å². The summed E-state index contributed by atoms with van der Waals surface area (Å²) in [7, 11) is 0. The van der Waals surface area contributed by atoms with Gasteiger partial charge in [0.15, 0.2) is 0 Å². The lowest BCUT2D eigenvalue weighted by Crippen LogP contribution is -2.20. The molecule has 0 aromatic carbocycles. The summed E-state index contributed by atoms with van der Waals surface area (Å²) >= 11 is 7.54. The van der Waals surface area contributed by atoms with Crippen molar-refractivity contribution in [2.24, 2.45) is 0 Å². The third kappa shape index (κ3) is 2.48. The van der Waals surface area contributed by atoms with Crippen molar-refractivity contribution in [3.8, 4) is 0 Å². The molecule has 1 atom stereocenters. The van der Waals surface area contributed by atoms with Crippen LogP contribution in [-0.2, 0) is 0 Å². The summed E-state index contributed by atoms with van der Waals surface area (Å²) < 4.78 is 6.47. The normalized spacial score (nSPS) is 12.9. The van der Waals surface area contributed by atoms with Gasteiger partial charge in [-0.3, -0.25) is 0 Å². The van der Waals surface area contributed by atoms with Crippen LogP contribution in [0.1, 0.15) is 29.4 Å². The molecule has 0 fully saturated rings. The number of rotatable bonds is 4. The second kappa shape index (κ2) is 5.04. The van der Waals surface area contributed by atoms with Crippen LogP contribution in [0.25, 0.3) is 0 Å². The number of hydrogen-bond donors (Lipinski definition) is 1. The Labute approximate surface area is 104 Å². The van der Waals surface area contributed by atoms with Gasteiger partial charge in [-0.25, -0.2) is 0 Å². The van der Waals surface area contributed by atoms with Crippen LogP contribution in [0.4, 0.5) is 0 Å². The maximum atomic E-state index is 5.96. The first-order valence-electron chi connectivity index (χ1n) is 5.25. The third-order valence-corrected chi connectivity index (χ3v) is 3.63. The lowest BCUT2D eigenvalue weighted by atomic mass is 10.2. The Bertz CT molecular complexity index is 423. The van der Waals surface area contributed by atoms with E-state index in [1.165, 1.54) is 4.88 Å². The summed E-state index contributed by atoms with van der Waals surface area (Å²) in [5.41, 5.74) is 0. The Morgan fingerprint density at radius 3 is 2.69 bits per heavy atom. The van der Waals surface area contributed by atoms with Gasteiger partial charge in [0.25, 0.3) is 0 Å². The van der Waals surface area contributed by atoms with Crippen LogP contribution in [0.5, 0.6) is 0 Å². The van der Waals surface area contributed by atoms with Crippen molar-refractivity contribution >= 4 is 22.9 Å². The Kier molecular flexibility index (Phi) is 3.69. The topological polar surface area (TPSA) is 25.2 Å². The van der Waals surface area contributed by atoms with Gasteiger partial charge in [0, 0.05) is 4.88 Å². The van der Waals surface area contributed by atoms with E-state index in [-0.39, 0.29) is 6.04 Å². The van der Waals surface area contributed by atoms with Gasteiger partial charge >= 0.3 is 0 Å². The van der Waals surface area contributed by atoms with E-state index in [1.54, 1.807) is 11.3 Å². The van der Waals surface area contributed by atoms with E-state index >= 15 is 0 Å². The molecule has 2 nitrogen and oxygen atoms in total. The van der Waals surface area contributed by atoms with Crippen molar-refractivity contribution in [2.75, 3.05) is 6.54 Å². The van der Waals surface area contributed by atoms with Crippen molar-refractivity contribution in [1.29, 1.82) is 0 Å².